The van der Waals surface area contributed by atoms with Crippen LogP contribution in [0.3, 0.4) is 0 Å². The summed E-state index contributed by atoms with van der Waals surface area (Å²) in [7, 11) is -2.36. The molecule has 0 bridgehead atoms. The Morgan fingerprint density at radius 1 is 1.38 bits per heavy atom. The average molecular weight is 307 g/mol. The molecule has 0 aliphatic carbocycles. The maximum absolute atomic E-state index is 12.4. The zero-order valence-electron chi connectivity index (χ0n) is 12.2. The Morgan fingerprint density at radius 2 is 2.05 bits per heavy atom. The highest BCUT2D eigenvalue weighted by atomic mass is 32.2. The summed E-state index contributed by atoms with van der Waals surface area (Å²) in [4.78, 5) is 1.84. The molecule has 1 aromatic rings. The van der Waals surface area contributed by atoms with Crippen LogP contribution in [-0.4, -0.2) is 39.4 Å². The van der Waals surface area contributed by atoms with Gasteiger partial charge < -0.3 is 9.64 Å². The summed E-state index contributed by atoms with van der Waals surface area (Å²) in [5, 5.41) is 9.46. The van der Waals surface area contributed by atoms with E-state index in [0.717, 1.165) is 0 Å². The topological polar surface area (TPSA) is 82.8 Å². The smallest absolute Gasteiger partial charge is 0.284 e. The second-order valence-corrected chi connectivity index (χ2v) is 6.14. The largest absolute Gasteiger partial charge is 0.497 e. The zero-order valence-corrected chi connectivity index (χ0v) is 13.0. The van der Waals surface area contributed by atoms with Crippen molar-refractivity contribution in [2.24, 2.45) is 4.40 Å². The molecule has 1 atom stereocenters. The molecule has 1 aromatic carbocycles. The minimum Gasteiger partial charge on any atom is -0.497 e. The number of likely N-dealkylation sites (N-methyl/N-ethyl adjacent to an activating group) is 1. The molecule has 1 aliphatic heterocycles. The number of methoxy groups -OCH3 is 1. The third kappa shape index (κ3) is 2.59. The molecule has 0 N–H and O–H groups in total. The molecule has 0 spiro atoms. The van der Waals surface area contributed by atoms with Crippen LogP contribution in [0.25, 0.3) is 0 Å². The number of fused-ring (bicyclic) bond motifs is 1. The summed E-state index contributed by atoms with van der Waals surface area (Å²) in [6, 6.07) is 6.85. The lowest BCUT2D eigenvalue weighted by Gasteiger charge is -2.29. The molecular weight excluding hydrogens is 290 g/mol. The van der Waals surface area contributed by atoms with E-state index in [1.165, 1.54) is 13.2 Å². The first-order chi connectivity index (χ1) is 9.98. The monoisotopic (exact) mass is 307 g/mol. The van der Waals surface area contributed by atoms with Gasteiger partial charge in [0, 0.05) is 19.2 Å². The highest BCUT2D eigenvalue weighted by molar-refractivity contribution is 7.90. The molecule has 0 fully saturated rings. The van der Waals surface area contributed by atoms with Crippen molar-refractivity contribution >= 4 is 15.9 Å². The Morgan fingerprint density at radius 3 is 2.57 bits per heavy atom. The number of ether oxygens (including phenoxy) is 1. The normalized spacial score (nSPS) is 19.1. The van der Waals surface area contributed by atoms with Crippen LogP contribution in [0.5, 0.6) is 5.75 Å². The second kappa shape index (κ2) is 5.74. The van der Waals surface area contributed by atoms with E-state index in [9.17, 15) is 13.7 Å². The lowest BCUT2D eigenvalue weighted by Crippen LogP contribution is -2.37. The van der Waals surface area contributed by atoms with Gasteiger partial charge in [-0.15, -0.1) is 4.40 Å². The van der Waals surface area contributed by atoms with Gasteiger partial charge in [0.05, 0.1) is 18.1 Å². The van der Waals surface area contributed by atoms with Crippen LogP contribution >= 0.6 is 0 Å². The van der Waals surface area contributed by atoms with Crippen molar-refractivity contribution in [1.29, 1.82) is 5.26 Å². The molecular formula is C14H17N3O3S. The second-order valence-electron chi connectivity index (χ2n) is 4.56. The van der Waals surface area contributed by atoms with Crippen LogP contribution in [0, 0.1) is 11.3 Å². The van der Waals surface area contributed by atoms with Crippen molar-refractivity contribution in [3.05, 3.63) is 23.8 Å². The molecule has 0 saturated carbocycles. The molecule has 1 heterocycles. The first-order valence-electron chi connectivity index (χ1n) is 6.65. The number of amidine groups is 1. The first kappa shape index (κ1) is 15.3. The fourth-order valence-corrected chi connectivity index (χ4v) is 3.70. The van der Waals surface area contributed by atoms with Gasteiger partial charge >= 0.3 is 0 Å². The van der Waals surface area contributed by atoms with Gasteiger partial charge in [-0.25, -0.2) is 0 Å². The molecule has 0 radical (unpaired) electrons. The van der Waals surface area contributed by atoms with Gasteiger partial charge in [-0.2, -0.15) is 13.7 Å². The van der Waals surface area contributed by atoms with E-state index in [4.69, 9.17) is 4.74 Å². The van der Waals surface area contributed by atoms with Crippen molar-refractivity contribution in [3.63, 3.8) is 0 Å². The highest BCUT2D eigenvalue weighted by Gasteiger charge is 2.35. The Bertz CT molecular complexity index is 715. The first-order valence-corrected chi connectivity index (χ1v) is 8.09. The summed E-state index contributed by atoms with van der Waals surface area (Å²) in [5.41, 5.74) is 0.454. The number of nitrogens with zero attached hydrogens (tertiary/aromatic N) is 3. The summed E-state index contributed by atoms with van der Waals surface area (Å²) in [6.07, 6.45) is 0. The van der Waals surface area contributed by atoms with Gasteiger partial charge in [-0.1, -0.05) is 6.07 Å². The summed E-state index contributed by atoms with van der Waals surface area (Å²) >= 11 is 0. The number of nitriles is 1. The zero-order chi connectivity index (χ0) is 15.6. The van der Waals surface area contributed by atoms with E-state index >= 15 is 0 Å². The lowest BCUT2D eigenvalue weighted by atomic mass is 9.98. The highest BCUT2D eigenvalue weighted by Crippen LogP contribution is 2.35. The van der Waals surface area contributed by atoms with Gasteiger partial charge in [-0.3, -0.25) is 0 Å². The van der Waals surface area contributed by atoms with Gasteiger partial charge in [0.1, 0.15) is 17.5 Å². The van der Waals surface area contributed by atoms with E-state index in [-0.39, 0.29) is 4.90 Å². The molecule has 1 unspecified atom stereocenters. The Labute approximate surface area is 124 Å². The average Bonchev–Trinajstić information content (AvgIpc) is 2.48. The third-order valence-electron chi connectivity index (χ3n) is 3.50. The standard InChI is InChI=1S/C14H17N3O3S/c1-4-17(5-2)14-12(9-15)11-7-6-10(20-3)8-13(11)21(18,19)16-14/h6-8,12H,4-5H2,1-3H3. The van der Waals surface area contributed by atoms with Crippen LogP contribution < -0.4 is 4.74 Å². The molecule has 112 valence electrons. The lowest BCUT2D eigenvalue weighted by molar-refractivity contribution is 0.412. The minimum atomic E-state index is -3.82. The van der Waals surface area contributed by atoms with Crippen molar-refractivity contribution < 1.29 is 13.2 Å². The summed E-state index contributed by atoms with van der Waals surface area (Å²) in [5.74, 6) is 0.0324. The van der Waals surface area contributed by atoms with Crippen LogP contribution in [-0.2, 0) is 10.0 Å². The summed E-state index contributed by atoms with van der Waals surface area (Å²) in [6.45, 7) is 4.98. The maximum Gasteiger partial charge on any atom is 0.284 e. The van der Waals surface area contributed by atoms with Crippen molar-refractivity contribution in [3.8, 4) is 11.8 Å². The molecule has 1 aliphatic rings. The van der Waals surface area contributed by atoms with E-state index in [2.05, 4.69) is 10.5 Å². The van der Waals surface area contributed by atoms with Gasteiger partial charge in [0.2, 0.25) is 0 Å². The molecule has 7 heteroatoms. The summed E-state index contributed by atoms with van der Waals surface area (Å²) < 4.78 is 33.7. The quantitative estimate of drug-likeness (QED) is 0.849. The number of hydrogen-bond acceptors (Lipinski definition) is 5. The van der Waals surface area contributed by atoms with Gasteiger partial charge in [0.15, 0.2) is 0 Å². The van der Waals surface area contributed by atoms with Crippen LogP contribution in [0.2, 0.25) is 0 Å². The van der Waals surface area contributed by atoms with Crippen LogP contribution in [0.15, 0.2) is 27.5 Å². The molecule has 6 nitrogen and oxygen atoms in total. The molecule has 0 amide bonds. The van der Waals surface area contributed by atoms with Crippen molar-refractivity contribution in [2.75, 3.05) is 20.2 Å². The molecule has 2 rings (SSSR count). The fraction of sp³-hybridized carbons (Fsp3) is 0.429. The Balaban J connectivity index is 2.67. The molecule has 0 saturated heterocycles. The van der Waals surface area contributed by atoms with Crippen molar-refractivity contribution in [1.82, 2.24) is 4.90 Å². The predicted octanol–water partition coefficient (Wildman–Crippen LogP) is 1.74. The number of rotatable bonds is 3. The fourth-order valence-electron chi connectivity index (χ4n) is 2.38. The van der Waals surface area contributed by atoms with E-state index < -0.39 is 15.9 Å². The number of sulfonamides is 1. The van der Waals surface area contributed by atoms with Crippen LogP contribution in [0.4, 0.5) is 0 Å². The van der Waals surface area contributed by atoms with E-state index in [1.807, 2.05) is 13.8 Å². The van der Waals surface area contributed by atoms with E-state index in [1.54, 1.807) is 17.0 Å². The maximum atomic E-state index is 12.4. The number of benzene rings is 1. The van der Waals surface area contributed by atoms with Crippen LogP contribution in [0.1, 0.15) is 25.3 Å². The third-order valence-corrected chi connectivity index (χ3v) is 4.83. The van der Waals surface area contributed by atoms with Gasteiger partial charge in [-0.05, 0) is 25.5 Å². The number of hydrogen-bond donors (Lipinski definition) is 0. The van der Waals surface area contributed by atoms with E-state index in [0.29, 0.717) is 30.2 Å². The SMILES string of the molecule is CCN(CC)C1=NS(=O)(=O)c2cc(OC)ccc2C1C#N. The molecule has 0 aromatic heterocycles. The van der Waals surface area contributed by atoms with Gasteiger partial charge in [0.25, 0.3) is 10.0 Å². The Hall–Kier alpha value is -2.07. The Kier molecular flexibility index (Phi) is 4.19. The predicted molar refractivity (Wildman–Crippen MR) is 78.9 cm³/mol. The molecule has 21 heavy (non-hydrogen) atoms. The van der Waals surface area contributed by atoms with Crippen molar-refractivity contribution in [2.45, 2.75) is 24.7 Å². The minimum absolute atomic E-state index is 0.0457.